The van der Waals surface area contributed by atoms with Crippen LogP contribution in [0.4, 0.5) is 0 Å². The molecule has 17 heavy (non-hydrogen) atoms. The highest BCUT2D eigenvalue weighted by Gasteiger charge is 2.21. The first kappa shape index (κ1) is 14.4. The van der Waals surface area contributed by atoms with E-state index in [0.717, 1.165) is 25.7 Å². The summed E-state index contributed by atoms with van der Waals surface area (Å²) in [6, 6.07) is -0.497. The van der Waals surface area contributed by atoms with Gasteiger partial charge in [-0.1, -0.05) is 6.42 Å². The topological polar surface area (TPSA) is 84.6 Å². The number of carbonyl (C=O) groups is 1. The van der Waals surface area contributed by atoms with Gasteiger partial charge in [-0.25, -0.2) is 0 Å². The van der Waals surface area contributed by atoms with Gasteiger partial charge in [-0.15, -0.1) is 0 Å². The highest BCUT2D eigenvalue weighted by Crippen LogP contribution is 2.23. The van der Waals surface area contributed by atoms with Gasteiger partial charge in [-0.05, 0) is 31.6 Å². The molecule has 1 amide bonds. The fourth-order valence-corrected chi connectivity index (χ4v) is 2.20. The fourth-order valence-electron chi connectivity index (χ4n) is 2.20. The Kier molecular flexibility index (Phi) is 6.47. The number of amides is 1. The van der Waals surface area contributed by atoms with Gasteiger partial charge in [-0.3, -0.25) is 4.79 Å². The maximum atomic E-state index is 11.6. The number of ether oxygens (including phenoxy) is 1. The summed E-state index contributed by atoms with van der Waals surface area (Å²) in [5.41, 5.74) is 5.70. The van der Waals surface area contributed by atoms with Gasteiger partial charge in [0.1, 0.15) is 0 Å². The van der Waals surface area contributed by atoms with Crippen LogP contribution in [0.2, 0.25) is 0 Å². The lowest BCUT2D eigenvalue weighted by Gasteiger charge is -2.26. The average molecular weight is 244 g/mol. The molecule has 0 aromatic rings. The summed E-state index contributed by atoms with van der Waals surface area (Å²) in [6.45, 7) is 1.12. The van der Waals surface area contributed by atoms with E-state index in [2.05, 4.69) is 5.32 Å². The molecule has 0 aliphatic heterocycles. The number of rotatable bonds is 6. The SMILES string of the molecule is COCCC(N)C(=O)NCC1CCCC(O)C1. The van der Waals surface area contributed by atoms with Crippen molar-refractivity contribution in [1.29, 1.82) is 0 Å². The first-order chi connectivity index (χ1) is 8.13. The van der Waals surface area contributed by atoms with E-state index >= 15 is 0 Å². The lowest BCUT2D eigenvalue weighted by atomic mass is 9.87. The Morgan fingerprint density at radius 3 is 3.00 bits per heavy atom. The molecular weight excluding hydrogens is 220 g/mol. The zero-order chi connectivity index (χ0) is 12.7. The molecule has 1 saturated carbocycles. The molecule has 1 rings (SSSR count). The molecule has 0 aromatic heterocycles. The molecule has 0 radical (unpaired) electrons. The van der Waals surface area contributed by atoms with Crippen molar-refractivity contribution in [2.24, 2.45) is 11.7 Å². The van der Waals surface area contributed by atoms with Crippen molar-refractivity contribution in [2.45, 2.75) is 44.2 Å². The summed E-state index contributed by atoms with van der Waals surface area (Å²) < 4.78 is 4.88. The van der Waals surface area contributed by atoms with Crippen molar-refractivity contribution in [3.63, 3.8) is 0 Å². The molecule has 1 aliphatic rings. The number of aliphatic hydroxyl groups is 1. The summed E-state index contributed by atoms with van der Waals surface area (Å²) >= 11 is 0. The van der Waals surface area contributed by atoms with Crippen LogP contribution in [0.15, 0.2) is 0 Å². The molecule has 1 fully saturated rings. The summed E-state index contributed by atoms with van der Waals surface area (Å²) in [7, 11) is 1.59. The lowest BCUT2D eigenvalue weighted by Crippen LogP contribution is -2.43. The van der Waals surface area contributed by atoms with Gasteiger partial charge in [0.15, 0.2) is 0 Å². The van der Waals surface area contributed by atoms with E-state index < -0.39 is 6.04 Å². The number of aliphatic hydroxyl groups excluding tert-OH is 1. The number of methoxy groups -OCH3 is 1. The molecule has 0 spiro atoms. The van der Waals surface area contributed by atoms with Crippen molar-refractivity contribution in [3.05, 3.63) is 0 Å². The predicted octanol–water partition coefficient (Wildman–Crippen LogP) is 0.0175. The van der Waals surface area contributed by atoms with Crippen LogP contribution in [0.3, 0.4) is 0 Å². The van der Waals surface area contributed by atoms with Crippen LogP contribution in [0, 0.1) is 5.92 Å². The molecule has 0 saturated heterocycles. The largest absolute Gasteiger partial charge is 0.393 e. The fraction of sp³-hybridized carbons (Fsp3) is 0.917. The molecule has 4 N–H and O–H groups in total. The van der Waals surface area contributed by atoms with Crippen LogP contribution in [0.25, 0.3) is 0 Å². The predicted molar refractivity (Wildman–Crippen MR) is 65.4 cm³/mol. The van der Waals surface area contributed by atoms with Crippen molar-refractivity contribution < 1.29 is 14.6 Å². The standard InChI is InChI=1S/C12H24N2O3/c1-17-6-5-11(13)12(16)14-8-9-3-2-4-10(15)7-9/h9-11,15H,2-8,13H2,1H3,(H,14,16). The monoisotopic (exact) mass is 244 g/mol. The van der Waals surface area contributed by atoms with Crippen molar-refractivity contribution in [2.75, 3.05) is 20.3 Å². The number of nitrogens with two attached hydrogens (primary N) is 1. The van der Waals surface area contributed by atoms with Crippen LogP contribution < -0.4 is 11.1 Å². The summed E-state index contributed by atoms with van der Waals surface area (Å²) in [6.07, 6.45) is 4.12. The second-order valence-corrected chi connectivity index (χ2v) is 4.82. The molecule has 5 nitrogen and oxygen atoms in total. The van der Waals surface area contributed by atoms with E-state index in [4.69, 9.17) is 10.5 Å². The molecule has 0 heterocycles. The van der Waals surface area contributed by atoms with Gasteiger partial charge in [-0.2, -0.15) is 0 Å². The third-order valence-electron chi connectivity index (χ3n) is 3.29. The molecule has 0 aromatic carbocycles. The Labute approximate surface area is 103 Å². The van der Waals surface area contributed by atoms with E-state index in [1.807, 2.05) is 0 Å². The van der Waals surface area contributed by atoms with Crippen LogP contribution >= 0.6 is 0 Å². The van der Waals surface area contributed by atoms with Gasteiger partial charge in [0.25, 0.3) is 0 Å². The Hall–Kier alpha value is -0.650. The quantitative estimate of drug-likeness (QED) is 0.615. The minimum absolute atomic E-state index is 0.123. The van der Waals surface area contributed by atoms with Gasteiger partial charge < -0.3 is 20.9 Å². The van der Waals surface area contributed by atoms with Gasteiger partial charge >= 0.3 is 0 Å². The minimum atomic E-state index is -0.497. The molecule has 5 heteroatoms. The van der Waals surface area contributed by atoms with Crippen LogP contribution in [-0.2, 0) is 9.53 Å². The third-order valence-corrected chi connectivity index (χ3v) is 3.29. The highest BCUT2D eigenvalue weighted by molar-refractivity contribution is 5.81. The van der Waals surface area contributed by atoms with E-state index in [1.165, 1.54) is 0 Å². The lowest BCUT2D eigenvalue weighted by molar-refractivity contribution is -0.123. The van der Waals surface area contributed by atoms with Crippen molar-refractivity contribution in [3.8, 4) is 0 Å². The second-order valence-electron chi connectivity index (χ2n) is 4.82. The Morgan fingerprint density at radius 1 is 1.59 bits per heavy atom. The summed E-state index contributed by atoms with van der Waals surface area (Å²) in [4.78, 5) is 11.6. The minimum Gasteiger partial charge on any atom is -0.393 e. The van der Waals surface area contributed by atoms with Crippen LogP contribution in [0.1, 0.15) is 32.1 Å². The zero-order valence-corrected chi connectivity index (χ0v) is 10.5. The van der Waals surface area contributed by atoms with E-state index in [0.29, 0.717) is 25.5 Å². The Morgan fingerprint density at radius 2 is 2.35 bits per heavy atom. The number of nitrogens with one attached hydrogen (secondary N) is 1. The first-order valence-electron chi connectivity index (χ1n) is 6.33. The molecule has 1 aliphatic carbocycles. The molecule has 0 bridgehead atoms. The maximum absolute atomic E-state index is 11.6. The second kappa shape index (κ2) is 7.63. The van der Waals surface area contributed by atoms with Crippen molar-refractivity contribution >= 4 is 5.91 Å². The van der Waals surface area contributed by atoms with E-state index in [9.17, 15) is 9.90 Å². The number of carbonyl (C=O) groups excluding carboxylic acids is 1. The van der Waals surface area contributed by atoms with E-state index in [1.54, 1.807) is 7.11 Å². The van der Waals surface area contributed by atoms with E-state index in [-0.39, 0.29) is 12.0 Å². The van der Waals surface area contributed by atoms with Gasteiger partial charge in [0.05, 0.1) is 12.1 Å². The van der Waals surface area contributed by atoms with Crippen LogP contribution in [-0.4, -0.2) is 43.4 Å². The smallest absolute Gasteiger partial charge is 0.237 e. The van der Waals surface area contributed by atoms with Gasteiger partial charge in [0.2, 0.25) is 5.91 Å². The highest BCUT2D eigenvalue weighted by atomic mass is 16.5. The first-order valence-corrected chi connectivity index (χ1v) is 6.33. The van der Waals surface area contributed by atoms with Crippen molar-refractivity contribution in [1.82, 2.24) is 5.32 Å². The molecule has 3 atom stereocenters. The Balaban J connectivity index is 2.18. The number of hydrogen-bond donors (Lipinski definition) is 3. The zero-order valence-electron chi connectivity index (χ0n) is 10.5. The third kappa shape index (κ3) is 5.48. The van der Waals surface area contributed by atoms with Crippen LogP contribution in [0.5, 0.6) is 0 Å². The molecule has 3 unspecified atom stereocenters. The summed E-state index contributed by atoms with van der Waals surface area (Å²) in [5, 5.41) is 12.4. The molecule has 100 valence electrons. The summed E-state index contributed by atoms with van der Waals surface area (Å²) in [5.74, 6) is 0.263. The Bertz CT molecular complexity index is 236. The number of hydrogen-bond acceptors (Lipinski definition) is 4. The average Bonchev–Trinajstić information content (AvgIpc) is 2.33. The normalized spacial score (nSPS) is 26.5. The maximum Gasteiger partial charge on any atom is 0.237 e. The molecular formula is C12H24N2O3. The van der Waals surface area contributed by atoms with Gasteiger partial charge in [0, 0.05) is 20.3 Å².